The number of aromatic amines is 1. The zero-order chi connectivity index (χ0) is 17.7. The number of fused-ring (bicyclic) bond motifs is 4. The lowest BCUT2D eigenvalue weighted by atomic mass is 9.99. The van der Waals surface area contributed by atoms with Gasteiger partial charge in [0.1, 0.15) is 5.82 Å². The molecule has 0 radical (unpaired) electrons. The predicted molar refractivity (Wildman–Crippen MR) is 100 cm³/mol. The van der Waals surface area contributed by atoms with Crippen LogP contribution in [0.4, 0.5) is 0 Å². The number of carbonyl (C=O) groups excluding carboxylic acids is 1. The molecular weight excluding hydrogens is 324 g/mol. The summed E-state index contributed by atoms with van der Waals surface area (Å²) >= 11 is 0. The minimum Gasteiger partial charge on any atom is -0.345 e. The zero-order valence-electron chi connectivity index (χ0n) is 14.2. The summed E-state index contributed by atoms with van der Waals surface area (Å²) in [6, 6.07) is 16.1. The number of hydrogen-bond acceptors (Lipinski definition) is 3. The van der Waals surface area contributed by atoms with E-state index in [1.807, 2.05) is 24.3 Å². The van der Waals surface area contributed by atoms with Crippen molar-refractivity contribution in [3.63, 3.8) is 0 Å². The molecule has 0 spiro atoms. The third kappa shape index (κ3) is 2.14. The van der Waals surface area contributed by atoms with Gasteiger partial charge in [-0.1, -0.05) is 42.5 Å². The van der Waals surface area contributed by atoms with Crippen LogP contribution in [0.3, 0.4) is 0 Å². The van der Waals surface area contributed by atoms with Crippen molar-refractivity contribution in [1.82, 2.24) is 20.3 Å². The Morgan fingerprint density at radius 3 is 2.69 bits per heavy atom. The molecule has 0 aliphatic heterocycles. The summed E-state index contributed by atoms with van der Waals surface area (Å²) in [6.45, 7) is 1.55. The summed E-state index contributed by atoms with van der Waals surface area (Å²) in [5.41, 5.74) is 7.28. The van der Waals surface area contributed by atoms with E-state index in [4.69, 9.17) is 4.98 Å². The summed E-state index contributed by atoms with van der Waals surface area (Å²) < 4.78 is 0. The van der Waals surface area contributed by atoms with Gasteiger partial charge in [-0.2, -0.15) is 0 Å². The number of aromatic nitrogens is 3. The molecule has 26 heavy (non-hydrogen) atoms. The minimum absolute atomic E-state index is 0.0436. The van der Waals surface area contributed by atoms with E-state index >= 15 is 0 Å². The van der Waals surface area contributed by atoms with Gasteiger partial charge in [-0.05, 0) is 28.3 Å². The van der Waals surface area contributed by atoms with Gasteiger partial charge in [-0.15, -0.1) is 0 Å². The third-order valence-corrected chi connectivity index (χ3v) is 4.83. The second-order valence-electron chi connectivity index (χ2n) is 6.47. The van der Waals surface area contributed by atoms with Crippen LogP contribution >= 0.6 is 0 Å². The standard InChI is InChI=1S/C21H16N4O/c1-12(26)23-20-14-6-3-2-5-13(14)19-15(20)7-4-8-16(19)21-24-17-9-10-22-11-18(17)25-21/h2-11,20H,1H3,(H,23,26)(H,24,25). The van der Waals surface area contributed by atoms with Crippen LogP contribution in [0.15, 0.2) is 60.9 Å². The summed E-state index contributed by atoms with van der Waals surface area (Å²) in [5, 5.41) is 3.08. The van der Waals surface area contributed by atoms with E-state index in [1.165, 1.54) is 0 Å². The maximum Gasteiger partial charge on any atom is 0.217 e. The van der Waals surface area contributed by atoms with E-state index in [-0.39, 0.29) is 11.9 Å². The SMILES string of the molecule is CC(=O)NC1c2ccccc2-c2c(-c3nc4ccncc4[nH]3)cccc21. The number of nitrogens with one attached hydrogen (secondary N) is 2. The van der Waals surface area contributed by atoms with Gasteiger partial charge in [0.25, 0.3) is 0 Å². The molecule has 2 heterocycles. The topological polar surface area (TPSA) is 70.7 Å². The fourth-order valence-corrected chi connectivity index (χ4v) is 3.80. The van der Waals surface area contributed by atoms with Gasteiger partial charge >= 0.3 is 0 Å². The number of imidazole rings is 1. The summed E-state index contributed by atoms with van der Waals surface area (Å²) in [4.78, 5) is 24.0. The molecule has 5 heteroatoms. The average molecular weight is 340 g/mol. The van der Waals surface area contributed by atoms with Crippen LogP contribution in [-0.2, 0) is 4.79 Å². The van der Waals surface area contributed by atoms with E-state index in [0.717, 1.165) is 44.7 Å². The van der Waals surface area contributed by atoms with Crippen LogP contribution in [0.25, 0.3) is 33.5 Å². The number of amides is 1. The second-order valence-corrected chi connectivity index (χ2v) is 6.47. The highest BCUT2D eigenvalue weighted by atomic mass is 16.1. The van der Waals surface area contributed by atoms with Crippen LogP contribution in [0, 0.1) is 0 Å². The Kier molecular flexibility index (Phi) is 3.15. The number of nitrogens with zero attached hydrogens (tertiary/aromatic N) is 2. The predicted octanol–water partition coefficient (Wildman–Crippen LogP) is 3.83. The Hall–Kier alpha value is -3.47. The van der Waals surface area contributed by atoms with Crippen LogP contribution < -0.4 is 5.32 Å². The molecule has 1 amide bonds. The van der Waals surface area contributed by atoms with Crippen molar-refractivity contribution < 1.29 is 4.79 Å². The van der Waals surface area contributed by atoms with Gasteiger partial charge < -0.3 is 10.3 Å². The molecule has 1 unspecified atom stereocenters. The number of hydrogen-bond donors (Lipinski definition) is 2. The summed E-state index contributed by atoms with van der Waals surface area (Å²) in [5.74, 6) is 0.765. The van der Waals surface area contributed by atoms with Crippen LogP contribution in [-0.4, -0.2) is 20.9 Å². The molecule has 0 bridgehead atoms. The molecule has 0 fully saturated rings. The maximum absolute atomic E-state index is 11.8. The first-order valence-corrected chi connectivity index (χ1v) is 8.52. The number of rotatable bonds is 2. The minimum atomic E-state index is -0.135. The molecular formula is C21H16N4O. The largest absolute Gasteiger partial charge is 0.345 e. The quantitative estimate of drug-likeness (QED) is 0.582. The van der Waals surface area contributed by atoms with E-state index in [0.29, 0.717) is 0 Å². The zero-order valence-corrected chi connectivity index (χ0v) is 14.2. The van der Waals surface area contributed by atoms with Gasteiger partial charge in [0.15, 0.2) is 0 Å². The Balaban J connectivity index is 1.76. The first kappa shape index (κ1) is 14.8. The molecule has 4 aromatic rings. The molecule has 5 rings (SSSR count). The highest BCUT2D eigenvalue weighted by Gasteiger charge is 2.31. The highest BCUT2D eigenvalue weighted by Crippen LogP contribution is 2.47. The summed E-state index contributed by atoms with van der Waals surface area (Å²) in [7, 11) is 0. The van der Waals surface area contributed by atoms with E-state index in [9.17, 15) is 4.79 Å². The normalized spacial score (nSPS) is 14.9. The lowest BCUT2D eigenvalue weighted by molar-refractivity contribution is -0.119. The van der Waals surface area contributed by atoms with Crippen LogP contribution in [0.2, 0.25) is 0 Å². The molecule has 0 saturated heterocycles. The maximum atomic E-state index is 11.8. The first-order valence-electron chi connectivity index (χ1n) is 8.52. The Bertz CT molecular complexity index is 1130. The molecule has 1 aliphatic rings. The Morgan fingerprint density at radius 1 is 1.04 bits per heavy atom. The van der Waals surface area contributed by atoms with Crippen molar-refractivity contribution in [2.75, 3.05) is 0 Å². The van der Waals surface area contributed by atoms with Crippen molar-refractivity contribution in [2.24, 2.45) is 0 Å². The first-order chi connectivity index (χ1) is 12.7. The van der Waals surface area contributed by atoms with Gasteiger partial charge in [-0.25, -0.2) is 4.98 Å². The van der Waals surface area contributed by atoms with Gasteiger partial charge in [0.2, 0.25) is 5.91 Å². The molecule has 2 aromatic heterocycles. The van der Waals surface area contributed by atoms with Crippen molar-refractivity contribution in [1.29, 1.82) is 0 Å². The lowest BCUT2D eigenvalue weighted by Crippen LogP contribution is -2.25. The molecule has 126 valence electrons. The van der Waals surface area contributed by atoms with E-state index in [2.05, 4.69) is 39.6 Å². The monoisotopic (exact) mass is 340 g/mol. The molecule has 1 atom stereocenters. The second kappa shape index (κ2) is 5.52. The fourth-order valence-electron chi connectivity index (χ4n) is 3.80. The van der Waals surface area contributed by atoms with Crippen molar-refractivity contribution in [2.45, 2.75) is 13.0 Å². The van der Waals surface area contributed by atoms with E-state index < -0.39 is 0 Å². The van der Waals surface area contributed by atoms with Crippen LogP contribution in [0.5, 0.6) is 0 Å². The van der Waals surface area contributed by atoms with Gasteiger partial charge in [-0.3, -0.25) is 9.78 Å². The Labute approximate surface area is 150 Å². The molecule has 5 nitrogen and oxygen atoms in total. The smallest absolute Gasteiger partial charge is 0.217 e. The fraction of sp³-hybridized carbons (Fsp3) is 0.0952. The average Bonchev–Trinajstić information content (AvgIpc) is 3.22. The molecule has 2 aromatic carbocycles. The summed E-state index contributed by atoms with van der Waals surface area (Å²) in [6.07, 6.45) is 3.52. The number of carbonyl (C=O) groups is 1. The van der Waals surface area contributed by atoms with E-state index in [1.54, 1.807) is 19.3 Å². The highest BCUT2D eigenvalue weighted by molar-refractivity contribution is 5.92. The number of benzene rings is 2. The van der Waals surface area contributed by atoms with Crippen molar-refractivity contribution in [3.8, 4) is 22.5 Å². The van der Waals surface area contributed by atoms with Gasteiger partial charge in [0.05, 0.1) is 23.3 Å². The molecule has 0 saturated carbocycles. The molecule has 2 N–H and O–H groups in total. The number of pyridine rings is 1. The van der Waals surface area contributed by atoms with Crippen molar-refractivity contribution >= 4 is 16.9 Å². The molecule has 1 aliphatic carbocycles. The van der Waals surface area contributed by atoms with Crippen molar-refractivity contribution in [3.05, 3.63) is 72.1 Å². The Morgan fingerprint density at radius 2 is 1.85 bits per heavy atom. The lowest BCUT2D eigenvalue weighted by Gasteiger charge is -2.14. The van der Waals surface area contributed by atoms with Crippen LogP contribution in [0.1, 0.15) is 24.1 Å². The number of H-pyrrole nitrogens is 1. The third-order valence-electron chi connectivity index (χ3n) is 4.83. The van der Waals surface area contributed by atoms with Gasteiger partial charge in [0, 0.05) is 18.7 Å².